The SMILES string of the molecule is Cl.O=c1cc(C2CCNCC2)n2ncc(-c3nnc(Cc4cccnc4)o3)c2[nH]1. The molecule has 4 aromatic heterocycles. The molecule has 2 N–H and O–H groups in total. The van der Waals surface area contributed by atoms with Crippen molar-refractivity contribution in [2.45, 2.75) is 25.2 Å². The summed E-state index contributed by atoms with van der Waals surface area (Å²) in [5.74, 6) is 1.12. The Hall–Kier alpha value is -3.04. The van der Waals surface area contributed by atoms with Gasteiger partial charge in [0.1, 0.15) is 11.2 Å². The zero-order valence-corrected chi connectivity index (χ0v) is 16.4. The van der Waals surface area contributed by atoms with E-state index in [0.717, 1.165) is 37.2 Å². The molecule has 0 spiro atoms. The molecule has 0 unspecified atom stereocenters. The van der Waals surface area contributed by atoms with E-state index >= 15 is 0 Å². The highest BCUT2D eigenvalue weighted by atomic mass is 35.5. The molecule has 1 saturated heterocycles. The lowest BCUT2D eigenvalue weighted by Gasteiger charge is -2.23. The molecule has 1 aliphatic rings. The monoisotopic (exact) mass is 413 g/mol. The molecular weight excluding hydrogens is 394 g/mol. The Bertz CT molecular complexity index is 1160. The van der Waals surface area contributed by atoms with Gasteiger partial charge in [-0.1, -0.05) is 6.07 Å². The third kappa shape index (κ3) is 3.79. The van der Waals surface area contributed by atoms with Crippen LogP contribution in [0.15, 0.2) is 46.0 Å². The van der Waals surface area contributed by atoms with E-state index < -0.39 is 0 Å². The summed E-state index contributed by atoms with van der Waals surface area (Å²) in [6.07, 6.45) is 7.60. The molecule has 0 amide bonds. The second kappa shape index (κ2) is 8.14. The van der Waals surface area contributed by atoms with Crippen molar-refractivity contribution in [3.05, 3.63) is 64.3 Å². The lowest BCUT2D eigenvalue weighted by atomic mass is 9.94. The van der Waals surface area contributed by atoms with Gasteiger partial charge in [-0.25, -0.2) is 4.52 Å². The van der Waals surface area contributed by atoms with Gasteiger partial charge < -0.3 is 14.7 Å². The maximum atomic E-state index is 12.3. The third-order valence-corrected chi connectivity index (χ3v) is 5.07. The molecule has 1 aliphatic heterocycles. The van der Waals surface area contributed by atoms with Gasteiger partial charge in [0.2, 0.25) is 5.89 Å². The second-order valence-electron chi connectivity index (χ2n) is 6.94. The van der Waals surface area contributed by atoms with Gasteiger partial charge in [0.05, 0.1) is 18.3 Å². The van der Waals surface area contributed by atoms with Gasteiger partial charge in [-0.15, -0.1) is 22.6 Å². The fourth-order valence-electron chi connectivity index (χ4n) is 3.69. The van der Waals surface area contributed by atoms with Gasteiger partial charge in [-0.05, 0) is 37.6 Å². The summed E-state index contributed by atoms with van der Waals surface area (Å²) in [4.78, 5) is 19.3. The van der Waals surface area contributed by atoms with E-state index in [1.165, 1.54) is 0 Å². The summed E-state index contributed by atoms with van der Waals surface area (Å²) < 4.78 is 7.62. The van der Waals surface area contributed by atoms with Crippen LogP contribution in [0.5, 0.6) is 0 Å². The first-order valence-corrected chi connectivity index (χ1v) is 9.31. The minimum absolute atomic E-state index is 0. The Labute approximate surface area is 172 Å². The number of aromatic nitrogens is 6. The third-order valence-electron chi connectivity index (χ3n) is 5.07. The van der Waals surface area contributed by atoms with E-state index in [-0.39, 0.29) is 18.0 Å². The molecule has 0 saturated carbocycles. The molecule has 150 valence electrons. The largest absolute Gasteiger partial charge is 0.420 e. The quantitative estimate of drug-likeness (QED) is 0.525. The van der Waals surface area contributed by atoms with Gasteiger partial charge in [-0.3, -0.25) is 9.78 Å². The second-order valence-corrected chi connectivity index (χ2v) is 6.94. The zero-order chi connectivity index (χ0) is 18.9. The van der Waals surface area contributed by atoms with Gasteiger partial charge in [0.15, 0.2) is 0 Å². The maximum absolute atomic E-state index is 12.3. The molecule has 29 heavy (non-hydrogen) atoms. The smallest absolute Gasteiger partial charge is 0.253 e. The van der Waals surface area contributed by atoms with Crippen LogP contribution in [-0.2, 0) is 6.42 Å². The number of hydrogen-bond acceptors (Lipinski definition) is 7. The van der Waals surface area contributed by atoms with E-state index in [9.17, 15) is 4.79 Å². The summed E-state index contributed by atoms with van der Waals surface area (Å²) >= 11 is 0. The van der Waals surface area contributed by atoms with E-state index in [1.807, 2.05) is 12.1 Å². The van der Waals surface area contributed by atoms with Crippen LogP contribution in [0.2, 0.25) is 0 Å². The van der Waals surface area contributed by atoms with E-state index in [4.69, 9.17) is 4.42 Å². The minimum Gasteiger partial charge on any atom is -0.420 e. The highest BCUT2D eigenvalue weighted by Gasteiger charge is 2.22. The zero-order valence-electron chi connectivity index (χ0n) is 15.5. The highest BCUT2D eigenvalue weighted by molar-refractivity contribution is 5.85. The minimum atomic E-state index is -0.155. The Kier molecular flexibility index (Phi) is 5.41. The van der Waals surface area contributed by atoms with E-state index in [1.54, 1.807) is 29.2 Å². The molecule has 5 heterocycles. The van der Waals surface area contributed by atoms with Crippen molar-refractivity contribution < 1.29 is 4.42 Å². The molecule has 9 nitrogen and oxygen atoms in total. The predicted molar refractivity (Wildman–Crippen MR) is 108 cm³/mol. The Morgan fingerprint density at radius 1 is 1.21 bits per heavy atom. The standard InChI is InChI=1S/C19H19N7O2.ClH/c27-16-9-15(13-3-6-20-7-4-13)26-18(23-16)14(11-22-26)19-25-24-17(28-19)8-12-2-1-5-21-10-12;/h1-2,5,9-11,13,20H,3-4,6-8H2,(H,23,27);1H. The van der Waals surface area contributed by atoms with E-state index in [0.29, 0.717) is 35.3 Å². The van der Waals surface area contributed by atoms with Crippen molar-refractivity contribution in [3.8, 4) is 11.5 Å². The first-order valence-electron chi connectivity index (χ1n) is 9.31. The normalized spacial score (nSPS) is 14.8. The van der Waals surface area contributed by atoms with Crippen LogP contribution in [0.1, 0.15) is 35.9 Å². The number of aromatic amines is 1. The van der Waals surface area contributed by atoms with Gasteiger partial charge in [0.25, 0.3) is 11.4 Å². The maximum Gasteiger partial charge on any atom is 0.253 e. The van der Waals surface area contributed by atoms with Crippen LogP contribution >= 0.6 is 12.4 Å². The lowest BCUT2D eigenvalue weighted by molar-refractivity contribution is 0.446. The van der Waals surface area contributed by atoms with Crippen LogP contribution in [-0.4, -0.2) is 42.9 Å². The van der Waals surface area contributed by atoms with Crippen LogP contribution < -0.4 is 10.9 Å². The van der Waals surface area contributed by atoms with Crippen LogP contribution in [0, 0.1) is 0 Å². The van der Waals surface area contributed by atoms with Crippen molar-refractivity contribution in [2.24, 2.45) is 0 Å². The first kappa shape index (κ1) is 19.3. The summed E-state index contributed by atoms with van der Waals surface area (Å²) in [5, 5.41) is 16.1. The summed E-state index contributed by atoms with van der Waals surface area (Å²) in [5.41, 5.74) is 2.95. The summed E-state index contributed by atoms with van der Waals surface area (Å²) in [6, 6.07) is 5.46. The van der Waals surface area contributed by atoms with Gasteiger partial charge >= 0.3 is 0 Å². The van der Waals surface area contributed by atoms with Crippen LogP contribution in [0.3, 0.4) is 0 Å². The van der Waals surface area contributed by atoms with Crippen LogP contribution in [0.4, 0.5) is 0 Å². The molecule has 1 fully saturated rings. The molecule has 5 rings (SSSR count). The number of rotatable bonds is 4. The first-order chi connectivity index (χ1) is 13.8. The van der Waals surface area contributed by atoms with Crippen molar-refractivity contribution in [2.75, 3.05) is 13.1 Å². The summed E-state index contributed by atoms with van der Waals surface area (Å²) in [7, 11) is 0. The fraction of sp³-hybridized carbons (Fsp3) is 0.316. The molecule has 0 atom stereocenters. The molecule has 0 bridgehead atoms. The number of fused-ring (bicyclic) bond motifs is 1. The number of nitrogens with zero attached hydrogens (tertiary/aromatic N) is 5. The number of nitrogens with one attached hydrogen (secondary N) is 2. The topological polar surface area (TPSA) is 114 Å². The number of piperidine rings is 1. The lowest BCUT2D eigenvalue weighted by Crippen LogP contribution is -2.28. The van der Waals surface area contributed by atoms with Crippen molar-refractivity contribution >= 4 is 18.1 Å². The van der Waals surface area contributed by atoms with Gasteiger partial charge in [-0.2, -0.15) is 5.10 Å². The molecule has 0 aromatic carbocycles. The highest BCUT2D eigenvalue weighted by Crippen LogP contribution is 2.28. The predicted octanol–water partition coefficient (Wildman–Crippen LogP) is 1.95. The molecular formula is C19H20ClN7O2. The Morgan fingerprint density at radius 2 is 2.07 bits per heavy atom. The number of hydrogen-bond donors (Lipinski definition) is 2. The Morgan fingerprint density at radius 3 is 2.86 bits per heavy atom. The van der Waals surface area contributed by atoms with E-state index in [2.05, 4.69) is 30.6 Å². The van der Waals surface area contributed by atoms with Crippen molar-refractivity contribution in [3.63, 3.8) is 0 Å². The van der Waals surface area contributed by atoms with Crippen LogP contribution in [0.25, 0.3) is 17.1 Å². The molecule has 4 aromatic rings. The summed E-state index contributed by atoms with van der Waals surface area (Å²) in [6.45, 7) is 1.88. The number of pyridine rings is 1. The average molecular weight is 414 g/mol. The van der Waals surface area contributed by atoms with Crippen molar-refractivity contribution in [1.82, 2.24) is 35.1 Å². The molecule has 0 aliphatic carbocycles. The number of H-pyrrole nitrogens is 1. The van der Waals surface area contributed by atoms with Crippen molar-refractivity contribution in [1.29, 1.82) is 0 Å². The molecule has 0 radical (unpaired) electrons. The van der Waals surface area contributed by atoms with Gasteiger partial charge in [0, 0.05) is 24.4 Å². The Balaban J connectivity index is 0.00000205. The molecule has 10 heteroatoms. The fourth-order valence-corrected chi connectivity index (χ4v) is 3.69. The number of halogens is 1. The average Bonchev–Trinajstić information content (AvgIpc) is 3.35.